The van der Waals surface area contributed by atoms with Gasteiger partial charge in [-0.2, -0.15) is 0 Å². The van der Waals surface area contributed by atoms with Crippen LogP contribution in [0.15, 0.2) is 53.9 Å². The summed E-state index contributed by atoms with van der Waals surface area (Å²) < 4.78 is 1.12. The molecule has 0 unspecified atom stereocenters. The second-order valence-electron chi connectivity index (χ2n) is 4.80. The summed E-state index contributed by atoms with van der Waals surface area (Å²) in [4.78, 5) is 12.3. The van der Waals surface area contributed by atoms with Crippen molar-refractivity contribution < 1.29 is 9.90 Å². The van der Waals surface area contributed by atoms with E-state index in [1.165, 1.54) is 0 Å². The Morgan fingerprint density at radius 2 is 1.76 bits per heavy atom. The first kappa shape index (κ1) is 13.8. The van der Waals surface area contributed by atoms with E-state index < -0.39 is 0 Å². The van der Waals surface area contributed by atoms with E-state index in [0.717, 1.165) is 26.8 Å². The first-order valence-corrected chi connectivity index (χ1v) is 7.59. The molecule has 2 N–H and O–H groups in total. The molecular weight excluding hydrogens is 282 g/mol. The molecule has 4 heteroatoms. The van der Waals surface area contributed by atoms with Crippen molar-refractivity contribution in [3.63, 3.8) is 0 Å². The third-order valence-electron chi connectivity index (χ3n) is 3.38. The highest BCUT2D eigenvalue weighted by Crippen LogP contribution is 2.25. The fraction of sp³-hybridized carbons (Fsp3) is 0.118. The van der Waals surface area contributed by atoms with Gasteiger partial charge in [-0.25, -0.2) is 0 Å². The van der Waals surface area contributed by atoms with E-state index in [2.05, 4.69) is 5.32 Å². The highest BCUT2D eigenvalue weighted by molar-refractivity contribution is 7.17. The third-order valence-corrected chi connectivity index (χ3v) is 4.35. The van der Waals surface area contributed by atoms with Crippen LogP contribution in [0.3, 0.4) is 0 Å². The molecule has 0 aliphatic heterocycles. The first-order chi connectivity index (χ1) is 10.3. The molecule has 0 bridgehead atoms. The van der Waals surface area contributed by atoms with Gasteiger partial charge in [-0.05, 0) is 17.2 Å². The molecular formula is C17H15NO2S. The lowest BCUT2D eigenvalue weighted by molar-refractivity contribution is 0.0953. The fourth-order valence-corrected chi connectivity index (χ4v) is 3.13. The van der Waals surface area contributed by atoms with Crippen LogP contribution >= 0.6 is 11.3 Å². The molecule has 0 atom stereocenters. The van der Waals surface area contributed by atoms with Crippen molar-refractivity contribution in [1.82, 2.24) is 5.32 Å². The first-order valence-electron chi connectivity index (χ1n) is 6.71. The maximum Gasteiger partial charge on any atom is 0.253 e. The van der Waals surface area contributed by atoms with Crippen LogP contribution in [-0.2, 0) is 13.2 Å². The van der Waals surface area contributed by atoms with Gasteiger partial charge in [0.1, 0.15) is 0 Å². The van der Waals surface area contributed by atoms with Crippen molar-refractivity contribution in [3.05, 3.63) is 70.6 Å². The molecule has 3 aromatic rings. The average Bonchev–Trinajstić information content (AvgIpc) is 2.97. The summed E-state index contributed by atoms with van der Waals surface area (Å²) >= 11 is 1.58. The number of carbonyl (C=O) groups excluding carboxylic acids is 1. The van der Waals surface area contributed by atoms with Crippen molar-refractivity contribution in [3.8, 4) is 0 Å². The molecule has 1 heterocycles. The van der Waals surface area contributed by atoms with Gasteiger partial charge in [-0.3, -0.25) is 4.79 Å². The number of aliphatic hydroxyl groups is 1. The van der Waals surface area contributed by atoms with Gasteiger partial charge in [0.25, 0.3) is 5.91 Å². The number of fused-ring (bicyclic) bond motifs is 1. The number of rotatable bonds is 4. The van der Waals surface area contributed by atoms with Crippen LogP contribution in [0, 0.1) is 0 Å². The highest BCUT2D eigenvalue weighted by atomic mass is 32.1. The molecule has 1 aromatic heterocycles. The number of benzene rings is 2. The van der Waals surface area contributed by atoms with Gasteiger partial charge in [0, 0.05) is 22.0 Å². The summed E-state index contributed by atoms with van der Waals surface area (Å²) in [5, 5.41) is 14.8. The lowest BCUT2D eigenvalue weighted by atomic mass is 10.1. The number of thiophene rings is 1. The second kappa shape index (κ2) is 6.08. The van der Waals surface area contributed by atoms with Gasteiger partial charge >= 0.3 is 0 Å². The van der Waals surface area contributed by atoms with E-state index >= 15 is 0 Å². The van der Waals surface area contributed by atoms with Gasteiger partial charge in [-0.15, -0.1) is 11.3 Å². The maximum atomic E-state index is 12.3. The Hall–Kier alpha value is -2.17. The zero-order chi connectivity index (χ0) is 14.7. The van der Waals surface area contributed by atoms with E-state index in [1.54, 1.807) is 11.3 Å². The van der Waals surface area contributed by atoms with Crippen LogP contribution < -0.4 is 5.32 Å². The Bertz CT molecular complexity index is 762. The number of carbonyl (C=O) groups is 1. The molecule has 0 fully saturated rings. The third kappa shape index (κ3) is 2.96. The zero-order valence-electron chi connectivity index (χ0n) is 11.4. The van der Waals surface area contributed by atoms with E-state index in [0.29, 0.717) is 6.54 Å². The van der Waals surface area contributed by atoms with Crippen molar-refractivity contribution in [2.24, 2.45) is 0 Å². The number of hydrogen-bond donors (Lipinski definition) is 2. The Labute approximate surface area is 126 Å². The number of nitrogens with one attached hydrogen (secondary N) is 1. The summed E-state index contributed by atoms with van der Waals surface area (Å²) in [6, 6.07) is 15.5. The van der Waals surface area contributed by atoms with Crippen molar-refractivity contribution in [1.29, 1.82) is 0 Å². The van der Waals surface area contributed by atoms with E-state index in [-0.39, 0.29) is 12.5 Å². The molecule has 1 amide bonds. The Morgan fingerprint density at radius 3 is 2.52 bits per heavy atom. The molecule has 0 spiro atoms. The molecule has 0 aliphatic carbocycles. The topological polar surface area (TPSA) is 49.3 Å². The smallest absolute Gasteiger partial charge is 0.253 e. The minimum Gasteiger partial charge on any atom is -0.392 e. The largest absolute Gasteiger partial charge is 0.392 e. The maximum absolute atomic E-state index is 12.3. The van der Waals surface area contributed by atoms with E-state index in [9.17, 15) is 4.79 Å². The van der Waals surface area contributed by atoms with Crippen molar-refractivity contribution >= 4 is 27.3 Å². The van der Waals surface area contributed by atoms with Gasteiger partial charge < -0.3 is 10.4 Å². The Kier molecular flexibility index (Phi) is 3.99. The van der Waals surface area contributed by atoms with Crippen LogP contribution in [0.5, 0.6) is 0 Å². The summed E-state index contributed by atoms with van der Waals surface area (Å²) in [6.07, 6.45) is 0. The minimum atomic E-state index is -0.0568. The van der Waals surface area contributed by atoms with Gasteiger partial charge in [0.2, 0.25) is 0 Å². The molecule has 0 aliphatic rings. The molecule has 0 saturated carbocycles. The second-order valence-corrected chi connectivity index (χ2v) is 5.71. The predicted octanol–water partition coefficient (Wildman–Crippen LogP) is 3.32. The fourth-order valence-electron chi connectivity index (χ4n) is 2.19. The predicted molar refractivity (Wildman–Crippen MR) is 85.4 cm³/mol. The van der Waals surface area contributed by atoms with Crippen LogP contribution in [0.2, 0.25) is 0 Å². The molecule has 106 valence electrons. The number of amides is 1. The quantitative estimate of drug-likeness (QED) is 0.776. The zero-order valence-corrected chi connectivity index (χ0v) is 12.2. The Morgan fingerprint density at radius 1 is 1.05 bits per heavy atom. The summed E-state index contributed by atoms with van der Waals surface area (Å²) in [5.41, 5.74) is 2.61. The SMILES string of the molecule is O=C(NCc1ccc(CO)cc1)c1csc2ccccc12. The molecule has 21 heavy (non-hydrogen) atoms. The lowest BCUT2D eigenvalue weighted by Crippen LogP contribution is -2.22. The van der Waals surface area contributed by atoms with E-state index in [4.69, 9.17) is 5.11 Å². The molecule has 0 saturated heterocycles. The standard InChI is InChI=1S/C17H15NO2S/c19-10-13-7-5-12(6-8-13)9-18-17(20)15-11-21-16-4-2-1-3-14(15)16/h1-8,11,19H,9-10H2,(H,18,20). The van der Waals surface area contributed by atoms with Crippen LogP contribution in [0.25, 0.3) is 10.1 Å². The van der Waals surface area contributed by atoms with Crippen LogP contribution in [0.1, 0.15) is 21.5 Å². The molecule has 3 rings (SSSR count). The monoisotopic (exact) mass is 297 g/mol. The van der Waals surface area contributed by atoms with Crippen molar-refractivity contribution in [2.45, 2.75) is 13.2 Å². The Balaban J connectivity index is 1.71. The highest BCUT2D eigenvalue weighted by Gasteiger charge is 2.11. The van der Waals surface area contributed by atoms with E-state index in [1.807, 2.05) is 53.9 Å². The average molecular weight is 297 g/mol. The molecule has 2 aromatic carbocycles. The number of hydrogen-bond acceptors (Lipinski definition) is 3. The van der Waals surface area contributed by atoms with Crippen molar-refractivity contribution in [2.75, 3.05) is 0 Å². The normalized spacial score (nSPS) is 10.7. The molecule has 3 nitrogen and oxygen atoms in total. The minimum absolute atomic E-state index is 0.0353. The van der Waals surface area contributed by atoms with Gasteiger partial charge in [-0.1, -0.05) is 42.5 Å². The van der Waals surface area contributed by atoms with Crippen LogP contribution in [-0.4, -0.2) is 11.0 Å². The summed E-state index contributed by atoms with van der Waals surface area (Å²) in [7, 11) is 0. The number of aliphatic hydroxyl groups excluding tert-OH is 1. The lowest BCUT2D eigenvalue weighted by Gasteiger charge is -2.05. The summed E-state index contributed by atoms with van der Waals surface area (Å²) in [6.45, 7) is 0.516. The van der Waals surface area contributed by atoms with Gasteiger partial charge in [0.05, 0.1) is 12.2 Å². The van der Waals surface area contributed by atoms with Gasteiger partial charge in [0.15, 0.2) is 0 Å². The molecule has 0 radical (unpaired) electrons. The van der Waals surface area contributed by atoms with Crippen LogP contribution in [0.4, 0.5) is 0 Å². The summed E-state index contributed by atoms with van der Waals surface area (Å²) in [5.74, 6) is -0.0568.